The molecule has 6 N–H and O–H groups in total. The van der Waals surface area contributed by atoms with Gasteiger partial charge in [0, 0.05) is 0 Å². The van der Waals surface area contributed by atoms with E-state index in [-0.39, 0.29) is 12.7 Å². The molecule has 0 aromatic rings. The Morgan fingerprint density at radius 1 is 1.33 bits per heavy atom. The molecule has 0 saturated carbocycles. The number of hydrogen-bond donors (Lipinski definition) is 4. The van der Waals surface area contributed by atoms with Gasteiger partial charge in [0.05, 0.1) is 37.0 Å². The van der Waals surface area contributed by atoms with Crippen molar-refractivity contribution >= 4 is 0 Å². The molecule has 5 nitrogen and oxygen atoms in total. The van der Waals surface area contributed by atoms with Gasteiger partial charge in [-0.1, -0.05) is 0 Å². The number of aliphatic hydroxyl groups excluding tert-OH is 2. The van der Waals surface area contributed by atoms with Gasteiger partial charge in [-0.15, -0.1) is 0 Å². The zero-order chi connectivity index (χ0) is 9.30. The van der Waals surface area contributed by atoms with E-state index in [9.17, 15) is 5.11 Å². The molecule has 0 aromatic heterocycles. The van der Waals surface area contributed by atoms with Crippen LogP contribution in [0.5, 0.6) is 0 Å². The van der Waals surface area contributed by atoms with E-state index in [1.54, 1.807) is 6.92 Å². The lowest BCUT2D eigenvalue weighted by molar-refractivity contribution is -0.128. The van der Waals surface area contributed by atoms with Crippen molar-refractivity contribution in [2.24, 2.45) is 11.5 Å². The van der Waals surface area contributed by atoms with E-state index in [0.29, 0.717) is 0 Å². The molecule has 12 heavy (non-hydrogen) atoms. The van der Waals surface area contributed by atoms with E-state index >= 15 is 0 Å². The highest BCUT2D eigenvalue weighted by Crippen LogP contribution is 2.17. The summed E-state index contributed by atoms with van der Waals surface area (Å²) < 4.78 is 5.27. The molecule has 4 unspecified atom stereocenters. The quantitative estimate of drug-likeness (QED) is 0.362. The van der Waals surface area contributed by atoms with Gasteiger partial charge in [0.2, 0.25) is 0 Å². The summed E-state index contributed by atoms with van der Waals surface area (Å²) in [6, 6.07) is -1.07. The van der Waals surface area contributed by atoms with E-state index in [1.165, 1.54) is 0 Å². The summed E-state index contributed by atoms with van der Waals surface area (Å²) in [6.07, 6.45) is -1.57. The molecule has 0 radical (unpaired) electrons. The third-order valence-corrected chi connectivity index (χ3v) is 2.33. The second-order valence-electron chi connectivity index (χ2n) is 3.21. The molecule has 0 amide bonds. The number of rotatable bonds is 1. The first-order valence-electron chi connectivity index (χ1n) is 4.03. The van der Waals surface area contributed by atoms with E-state index in [2.05, 4.69) is 0 Å². The SMILES string of the molecule is CC1OC(CO)C(N)[C@H](O)C1N. The minimum Gasteiger partial charge on any atom is -0.394 e. The monoisotopic (exact) mass is 176 g/mol. The second kappa shape index (κ2) is 3.68. The maximum Gasteiger partial charge on any atom is 0.0986 e. The lowest BCUT2D eigenvalue weighted by atomic mass is 9.93. The van der Waals surface area contributed by atoms with Crippen LogP contribution in [0.1, 0.15) is 6.92 Å². The van der Waals surface area contributed by atoms with Crippen LogP contribution in [0.4, 0.5) is 0 Å². The van der Waals surface area contributed by atoms with Crippen LogP contribution in [0.15, 0.2) is 0 Å². The third-order valence-electron chi connectivity index (χ3n) is 2.33. The van der Waals surface area contributed by atoms with Crippen LogP contribution in [0.3, 0.4) is 0 Å². The van der Waals surface area contributed by atoms with Gasteiger partial charge < -0.3 is 26.4 Å². The Labute approximate surface area is 71.3 Å². The highest BCUT2D eigenvalue weighted by atomic mass is 16.5. The lowest BCUT2D eigenvalue weighted by Crippen LogP contribution is -2.64. The molecule has 0 bridgehead atoms. The fraction of sp³-hybridized carbons (Fsp3) is 1.00. The summed E-state index contributed by atoms with van der Waals surface area (Å²) in [4.78, 5) is 0. The maximum absolute atomic E-state index is 9.48. The van der Waals surface area contributed by atoms with E-state index in [1.807, 2.05) is 0 Å². The zero-order valence-corrected chi connectivity index (χ0v) is 7.05. The Balaban J connectivity index is 2.63. The van der Waals surface area contributed by atoms with Crippen LogP contribution < -0.4 is 11.5 Å². The Morgan fingerprint density at radius 2 is 1.92 bits per heavy atom. The number of hydrogen-bond acceptors (Lipinski definition) is 5. The lowest BCUT2D eigenvalue weighted by Gasteiger charge is -2.40. The van der Waals surface area contributed by atoms with Gasteiger partial charge >= 0.3 is 0 Å². The summed E-state index contributed by atoms with van der Waals surface area (Å²) >= 11 is 0. The van der Waals surface area contributed by atoms with Crippen LogP contribution in [-0.4, -0.2) is 47.2 Å². The molecule has 0 aromatic carbocycles. The molecule has 5 heteroatoms. The molecule has 72 valence electrons. The van der Waals surface area contributed by atoms with Crippen molar-refractivity contribution in [3.63, 3.8) is 0 Å². The van der Waals surface area contributed by atoms with Gasteiger partial charge in [0.25, 0.3) is 0 Å². The molecule has 1 heterocycles. The summed E-state index contributed by atoms with van der Waals surface area (Å²) in [5.74, 6) is 0. The highest BCUT2D eigenvalue weighted by Gasteiger charge is 2.38. The minimum atomic E-state index is -0.800. The minimum absolute atomic E-state index is 0.185. The second-order valence-corrected chi connectivity index (χ2v) is 3.21. The van der Waals surface area contributed by atoms with Crippen LogP contribution in [0, 0.1) is 0 Å². The Hall–Kier alpha value is -0.200. The summed E-state index contributed by atoms with van der Waals surface area (Å²) in [7, 11) is 0. The van der Waals surface area contributed by atoms with Crippen molar-refractivity contribution in [2.45, 2.75) is 37.3 Å². The largest absolute Gasteiger partial charge is 0.394 e. The Bertz CT molecular complexity index is 151. The molecule has 1 aliphatic rings. The zero-order valence-electron chi connectivity index (χ0n) is 7.05. The van der Waals surface area contributed by atoms with Crippen LogP contribution in [0.2, 0.25) is 0 Å². The first-order chi connectivity index (χ1) is 5.57. The molecule has 1 rings (SSSR count). The Morgan fingerprint density at radius 3 is 2.42 bits per heavy atom. The molecular formula is C7H16N2O3. The highest BCUT2D eigenvalue weighted by molar-refractivity contribution is 4.95. The summed E-state index contributed by atoms with van der Waals surface area (Å²) in [6.45, 7) is 1.57. The van der Waals surface area contributed by atoms with Crippen molar-refractivity contribution in [2.75, 3.05) is 6.61 Å². The van der Waals surface area contributed by atoms with Gasteiger partial charge in [-0.05, 0) is 6.92 Å². The molecule has 0 aliphatic carbocycles. The van der Waals surface area contributed by atoms with E-state index in [4.69, 9.17) is 21.3 Å². The van der Waals surface area contributed by atoms with Gasteiger partial charge in [-0.25, -0.2) is 0 Å². The van der Waals surface area contributed by atoms with Gasteiger partial charge in [0.15, 0.2) is 0 Å². The molecule has 1 aliphatic heterocycles. The van der Waals surface area contributed by atoms with Gasteiger partial charge in [-0.3, -0.25) is 0 Å². The standard InChI is InChI=1S/C7H16N2O3/c1-3-5(8)7(11)6(9)4(2-10)12-3/h3-7,10-11H,2,8-9H2,1H3/t3?,4?,5?,6?,7-/m1/s1. The van der Waals surface area contributed by atoms with Crippen LogP contribution in [0.25, 0.3) is 0 Å². The fourth-order valence-corrected chi connectivity index (χ4v) is 1.38. The normalized spacial score (nSPS) is 49.2. The number of aliphatic hydroxyl groups is 2. The van der Waals surface area contributed by atoms with Gasteiger partial charge in [-0.2, -0.15) is 0 Å². The van der Waals surface area contributed by atoms with Crippen LogP contribution in [-0.2, 0) is 4.74 Å². The van der Waals surface area contributed by atoms with Crippen molar-refractivity contribution in [3.05, 3.63) is 0 Å². The maximum atomic E-state index is 9.48. The van der Waals surface area contributed by atoms with Crippen molar-refractivity contribution in [1.29, 1.82) is 0 Å². The van der Waals surface area contributed by atoms with Gasteiger partial charge in [0.1, 0.15) is 0 Å². The summed E-state index contributed by atoms with van der Waals surface area (Å²) in [5.41, 5.74) is 11.2. The number of ether oxygens (including phenoxy) is 1. The van der Waals surface area contributed by atoms with Crippen molar-refractivity contribution < 1.29 is 14.9 Å². The van der Waals surface area contributed by atoms with E-state index in [0.717, 1.165) is 0 Å². The van der Waals surface area contributed by atoms with Crippen molar-refractivity contribution in [1.82, 2.24) is 0 Å². The first kappa shape index (κ1) is 9.88. The smallest absolute Gasteiger partial charge is 0.0986 e. The molecule has 5 atom stereocenters. The average Bonchev–Trinajstić information content (AvgIpc) is 2.08. The fourth-order valence-electron chi connectivity index (χ4n) is 1.38. The van der Waals surface area contributed by atoms with Crippen LogP contribution >= 0.6 is 0 Å². The molecule has 0 spiro atoms. The predicted molar refractivity (Wildman–Crippen MR) is 43.4 cm³/mol. The summed E-state index contributed by atoms with van der Waals surface area (Å²) in [5, 5.41) is 18.3. The topological polar surface area (TPSA) is 102 Å². The predicted octanol–water partition coefficient (Wildman–Crippen LogP) is -2.22. The molecular weight excluding hydrogens is 160 g/mol. The average molecular weight is 176 g/mol. The van der Waals surface area contributed by atoms with E-state index < -0.39 is 24.3 Å². The third kappa shape index (κ3) is 1.60. The first-order valence-corrected chi connectivity index (χ1v) is 4.03. The molecule has 1 fully saturated rings. The Kier molecular flexibility index (Phi) is 3.03. The molecule has 1 saturated heterocycles. The van der Waals surface area contributed by atoms with Crippen molar-refractivity contribution in [3.8, 4) is 0 Å². The number of nitrogens with two attached hydrogens (primary N) is 2.